The third-order valence-corrected chi connectivity index (χ3v) is 4.18. The van der Waals surface area contributed by atoms with Gasteiger partial charge in [0.2, 0.25) is 0 Å². The van der Waals surface area contributed by atoms with Gasteiger partial charge in [-0.1, -0.05) is 0 Å². The highest BCUT2D eigenvalue weighted by atomic mass is 16.3. The first kappa shape index (κ1) is 8.50. The number of aromatic amines is 1. The van der Waals surface area contributed by atoms with Crippen LogP contribution in [-0.4, -0.2) is 16.6 Å². The first-order chi connectivity index (χ1) is 6.72. The Morgan fingerprint density at radius 1 is 1.36 bits per heavy atom. The molecule has 1 aromatic rings. The lowest BCUT2D eigenvalue weighted by Crippen LogP contribution is -2.46. The summed E-state index contributed by atoms with van der Waals surface area (Å²) in [4.78, 5) is 3.08. The number of nitrogens with one attached hydrogen (secondary N) is 1. The van der Waals surface area contributed by atoms with E-state index in [-0.39, 0.29) is 5.41 Å². The summed E-state index contributed by atoms with van der Waals surface area (Å²) in [5.74, 6) is 0. The Morgan fingerprint density at radius 2 is 2.14 bits per heavy atom. The van der Waals surface area contributed by atoms with Gasteiger partial charge < -0.3 is 15.8 Å². The number of aryl methyl sites for hydroxylation is 1. The highest BCUT2D eigenvalue weighted by molar-refractivity contribution is 5.38. The van der Waals surface area contributed by atoms with E-state index in [1.165, 1.54) is 5.56 Å². The van der Waals surface area contributed by atoms with E-state index in [4.69, 9.17) is 5.73 Å². The van der Waals surface area contributed by atoms with Gasteiger partial charge in [0, 0.05) is 29.9 Å². The lowest BCUT2D eigenvalue weighted by Gasteiger charge is -2.40. The van der Waals surface area contributed by atoms with Crippen LogP contribution in [0.5, 0.6) is 0 Å². The molecule has 3 nitrogen and oxygen atoms in total. The normalized spacial score (nSPS) is 33.0. The fourth-order valence-electron chi connectivity index (χ4n) is 3.00. The van der Waals surface area contributed by atoms with Crippen LogP contribution in [0.15, 0.2) is 12.4 Å². The first-order valence-electron chi connectivity index (χ1n) is 5.30. The summed E-state index contributed by atoms with van der Waals surface area (Å²) in [6.07, 6.45) is 8.34. The smallest absolute Gasteiger partial charge is 0.109 e. The topological polar surface area (TPSA) is 62.0 Å². The second-order valence-corrected chi connectivity index (χ2v) is 4.74. The van der Waals surface area contributed by atoms with Crippen molar-refractivity contribution in [2.75, 3.05) is 6.54 Å². The Morgan fingerprint density at radius 3 is 2.79 bits per heavy atom. The van der Waals surface area contributed by atoms with Crippen molar-refractivity contribution in [1.82, 2.24) is 4.98 Å². The van der Waals surface area contributed by atoms with Gasteiger partial charge in [0.1, 0.15) is 5.60 Å². The standard InChI is InChI=1S/C11H16N2O/c12-7-11(14)9-6-13-5-8(9)1-2-10(11)3-4-10/h5-6,13-14H,1-4,7,12H2. The van der Waals surface area contributed by atoms with Crippen molar-refractivity contribution in [3.05, 3.63) is 23.5 Å². The average Bonchev–Trinajstić information content (AvgIpc) is 2.82. The van der Waals surface area contributed by atoms with Crippen LogP contribution in [0.25, 0.3) is 0 Å². The Balaban J connectivity index is 2.15. The van der Waals surface area contributed by atoms with Crippen molar-refractivity contribution >= 4 is 0 Å². The van der Waals surface area contributed by atoms with Gasteiger partial charge in [0.05, 0.1) is 0 Å². The molecule has 0 saturated heterocycles. The molecule has 76 valence electrons. The third-order valence-electron chi connectivity index (χ3n) is 4.18. The molecule has 1 unspecified atom stereocenters. The monoisotopic (exact) mass is 192 g/mol. The summed E-state index contributed by atoms with van der Waals surface area (Å²) in [6.45, 7) is 0.345. The zero-order valence-corrected chi connectivity index (χ0v) is 8.21. The molecular formula is C11H16N2O. The second kappa shape index (κ2) is 2.41. The Kier molecular flexibility index (Phi) is 1.46. The van der Waals surface area contributed by atoms with Crippen molar-refractivity contribution in [1.29, 1.82) is 0 Å². The molecular weight excluding hydrogens is 176 g/mol. The van der Waals surface area contributed by atoms with Crippen LogP contribution in [0, 0.1) is 5.41 Å². The molecule has 0 bridgehead atoms. The van der Waals surface area contributed by atoms with E-state index in [9.17, 15) is 5.11 Å². The summed E-state index contributed by atoms with van der Waals surface area (Å²) in [5.41, 5.74) is 7.40. The van der Waals surface area contributed by atoms with E-state index in [0.29, 0.717) is 6.54 Å². The second-order valence-electron chi connectivity index (χ2n) is 4.74. The largest absolute Gasteiger partial charge is 0.383 e. The van der Waals surface area contributed by atoms with Crippen LogP contribution < -0.4 is 5.73 Å². The predicted octanol–water partition coefficient (Wildman–Crippen LogP) is 0.887. The first-order valence-corrected chi connectivity index (χ1v) is 5.30. The summed E-state index contributed by atoms with van der Waals surface area (Å²) in [7, 11) is 0. The zero-order chi connectivity index (χ0) is 9.81. The fraction of sp³-hybridized carbons (Fsp3) is 0.636. The van der Waals surface area contributed by atoms with Gasteiger partial charge in [-0.05, 0) is 31.2 Å². The summed E-state index contributed by atoms with van der Waals surface area (Å²) < 4.78 is 0. The number of aromatic nitrogens is 1. The number of nitrogens with two attached hydrogens (primary N) is 1. The summed E-state index contributed by atoms with van der Waals surface area (Å²) in [6, 6.07) is 0. The Labute approximate surface area is 83.3 Å². The number of hydrogen-bond donors (Lipinski definition) is 3. The summed E-state index contributed by atoms with van der Waals surface area (Å²) in [5, 5.41) is 10.7. The van der Waals surface area contributed by atoms with E-state index < -0.39 is 5.60 Å². The fourth-order valence-corrected chi connectivity index (χ4v) is 3.00. The zero-order valence-electron chi connectivity index (χ0n) is 8.21. The molecule has 1 spiro atoms. The molecule has 4 N–H and O–H groups in total. The SMILES string of the molecule is NCC1(O)c2c[nH]cc2CCC12CC2. The molecule has 1 heterocycles. The molecule has 0 amide bonds. The number of fused-ring (bicyclic) bond motifs is 1. The quantitative estimate of drug-likeness (QED) is 0.618. The van der Waals surface area contributed by atoms with Gasteiger partial charge in [-0.15, -0.1) is 0 Å². The van der Waals surface area contributed by atoms with Crippen LogP contribution in [0.4, 0.5) is 0 Å². The van der Waals surface area contributed by atoms with Gasteiger partial charge in [-0.2, -0.15) is 0 Å². The van der Waals surface area contributed by atoms with Crippen LogP contribution in [0.2, 0.25) is 0 Å². The maximum atomic E-state index is 10.7. The van der Waals surface area contributed by atoms with Crippen molar-refractivity contribution in [3.63, 3.8) is 0 Å². The molecule has 3 heteroatoms. The lowest BCUT2D eigenvalue weighted by molar-refractivity contribution is -0.0417. The molecule has 2 aliphatic rings. The number of aliphatic hydroxyl groups is 1. The molecule has 14 heavy (non-hydrogen) atoms. The van der Waals surface area contributed by atoms with Crippen LogP contribution in [0.3, 0.4) is 0 Å². The number of hydrogen-bond acceptors (Lipinski definition) is 2. The molecule has 1 aromatic heterocycles. The average molecular weight is 192 g/mol. The molecule has 0 aromatic carbocycles. The van der Waals surface area contributed by atoms with Crippen molar-refractivity contribution in [3.8, 4) is 0 Å². The highest BCUT2D eigenvalue weighted by Crippen LogP contribution is 2.63. The molecule has 2 aliphatic carbocycles. The summed E-state index contributed by atoms with van der Waals surface area (Å²) >= 11 is 0. The minimum absolute atomic E-state index is 0.108. The van der Waals surface area contributed by atoms with Gasteiger partial charge >= 0.3 is 0 Å². The number of rotatable bonds is 1. The van der Waals surface area contributed by atoms with Gasteiger partial charge in [0.25, 0.3) is 0 Å². The minimum atomic E-state index is -0.763. The maximum Gasteiger partial charge on any atom is 0.109 e. The molecule has 0 aliphatic heterocycles. The molecule has 3 rings (SSSR count). The Hall–Kier alpha value is -0.800. The molecule has 0 radical (unpaired) electrons. The lowest BCUT2D eigenvalue weighted by atomic mass is 9.70. The van der Waals surface area contributed by atoms with E-state index in [0.717, 1.165) is 31.2 Å². The van der Waals surface area contributed by atoms with Gasteiger partial charge in [-0.3, -0.25) is 0 Å². The van der Waals surface area contributed by atoms with Crippen molar-refractivity contribution < 1.29 is 5.11 Å². The Bertz CT molecular complexity index is 367. The number of H-pyrrole nitrogens is 1. The van der Waals surface area contributed by atoms with E-state index in [1.807, 2.05) is 12.4 Å². The molecule has 1 atom stereocenters. The van der Waals surface area contributed by atoms with E-state index in [1.54, 1.807) is 0 Å². The minimum Gasteiger partial charge on any atom is -0.383 e. The molecule has 1 saturated carbocycles. The van der Waals surface area contributed by atoms with Gasteiger partial charge in [0.15, 0.2) is 0 Å². The van der Waals surface area contributed by atoms with Gasteiger partial charge in [-0.25, -0.2) is 0 Å². The van der Waals surface area contributed by atoms with Crippen LogP contribution >= 0.6 is 0 Å². The van der Waals surface area contributed by atoms with Crippen molar-refractivity contribution in [2.24, 2.45) is 11.1 Å². The highest BCUT2D eigenvalue weighted by Gasteiger charge is 2.60. The van der Waals surface area contributed by atoms with E-state index >= 15 is 0 Å². The van der Waals surface area contributed by atoms with Crippen molar-refractivity contribution in [2.45, 2.75) is 31.3 Å². The van der Waals surface area contributed by atoms with Crippen LogP contribution in [0.1, 0.15) is 30.4 Å². The maximum absolute atomic E-state index is 10.7. The van der Waals surface area contributed by atoms with Crippen LogP contribution in [-0.2, 0) is 12.0 Å². The molecule has 1 fully saturated rings. The predicted molar refractivity (Wildman–Crippen MR) is 53.7 cm³/mol. The third kappa shape index (κ3) is 0.799. The van der Waals surface area contributed by atoms with E-state index in [2.05, 4.69) is 4.98 Å².